The second kappa shape index (κ2) is 6.98. The SMILES string of the molecule is CCCCC(OC(=O)C1CC(=O)C12CCC2)C(=O)Nc1cc(C)on1. The molecule has 136 valence electrons. The zero-order valence-electron chi connectivity index (χ0n) is 14.7. The van der Waals surface area contributed by atoms with Crippen LogP contribution in [0.2, 0.25) is 0 Å². The fraction of sp³-hybridized carbons (Fsp3) is 0.667. The second-order valence-corrected chi connectivity index (χ2v) is 7.07. The van der Waals surface area contributed by atoms with E-state index in [-0.39, 0.29) is 18.1 Å². The lowest BCUT2D eigenvalue weighted by atomic mass is 9.49. The molecule has 1 heterocycles. The Morgan fingerprint density at radius 1 is 1.48 bits per heavy atom. The van der Waals surface area contributed by atoms with Crippen molar-refractivity contribution in [3.63, 3.8) is 0 Å². The Balaban J connectivity index is 1.63. The first kappa shape index (κ1) is 17.6. The molecule has 1 N–H and O–H groups in total. The highest BCUT2D eigenvalue weighted by atomic mass is 16.5. The van der Waals surface area contributed by atoms with E-state index < -0.39 is 23.4 Å². The first-order valence-electron chi connectivity index (χ1n) is 8.94. The van der Waals surface area contributed by atoms with Crippen LogP contribution in [0.4, 0.5) is 5.82 Å². The number of ketones is 1. The Kier molecular flexibility index (Phi) is 4.92. The summed E-state index contributed by atoms with van der Waals surface area (Å²) in [6.45, 7) is 3.73. The lowest BCUT2D eigenvalue weighted by molar-refractivity contribution is -0.181. The normalized spacial score (nSPS) is 22.0. The minimum absolute atomic E-state index is 0.160. The van der Waals surface area contributed by atoms with Gasteiger partial charge in [-0.25, -0.2) is 0 Å². The van der Waals surface area contributed by atoms with Gasteiger partial charge in [0.15, 0.2) is 11.9 Å². The summed E-state index contributed by atoms with van der Waals surface area (Å²) in [7, 11) is 0. The van der Waals surface area contributed by atoms with Crippen molar-refractivity contribution < 1.29 is 23.6 Å². The highest BCUT2D eigenvalue weighted by Gasteiger charge is 2.61. The number of carbonyl (C=O) groups excluding carboxylic acids is 3. The number of rotatable bonds is 7. The average Bonchev–Trinajstić information content (AvgIpc) is 2.92. The summed E-state index contributed by atoms with van der Waals surface area (Å²) >= 11 is 0. The molecule has 2 aliphatic carbocycles. The molecule has 2 aliphatic rings. The van der Waals surface area contributed by atoms with Gasteiger partial charge >= 0.3 is 5.97 Å². The van der Waals surface area contributed by atoms with Gasteiger partial charge in [0.2, 0.25) is 0 Å². The molecule has 0 aromatic carbocycles. The van der Waals surface area contributed by atoms with Gasteiger partial charge in [-0.05, 0) is 32.6 Å². The number of hydrogen-bond donors (Lipinski definition) is 1. The fourth-order valence-electron chi connectivity index (χ4n) is 3.63. The van der Waals surface area contributed by atoms with Gasteiger partial charge in [0.05, 0.1) is 5.92 Å². The van der Waals surface area contributed by atoms with Gasteiger partial charge in [0.25, 0.3) is 5.91 Å². The predicted octanol–water partition coefficient (Wildman–Crippen LogP) is 2.78. The Bertz CT molecular complexity index is 677. The first-order chi connectivity index (χ1) is 12.0. The maximum Gasteiger partial charge on any atom is 0.311 e. The molecule has 0 bridgehead atoms. The van der Waals surface area contributed by atoms with Crippen molar-refractivity contribution in [2.45, 2.75) is 64.9 Å². The van der Waals surface area contributed by atoms with Crippen LogP contribution in [0.25, 0.3) is 0 Å². The molecular weight excluding hydrogens is 324 g/mol. The standard InChI is InChI=1S/C18H24N2O5/c1-3-4-6-13(16(22)19-15-9-11(2)25-20-15)24-17(23)12-10-14(21)18(12)7-5-8-18/h9,12-13H,3-8,10H2,1-2H3,(H,19,20,22). The highest BCUT2D eigenvalue weighted by Crippen LogP contribution is 2.57. The Morgan fingerprint density at radius 2 is 2.24 bits per heavy atom. The van der Waals surface area contributed by atoms with Gasteiger partial charge in [-0.2, -0.15) is 0 Å². The van der Waals surface area contributed by atoms with Crippen LogP contribution < -0.4 is 5.32 Å². The molecule has 7 nitrogen and oxygen atoms in total. The van der Waals surface area contributed by atoms with Crippen LogP contribution in [0.5, 0.6) is 0 Å². The molecule has 25 heavy (non-hydrogen) atoms. The highest BCUT2D eigenvalue weighted by molar-refractivity contribution is 6.01. The maximum atomic E-state index is 12.5. The third-order valence-corrected chi connectivity index (χ3v) is 5.39. The molecule has 7 heteroatoms. The van der Waals surface area contributed by atoms with Crippen molar-refractivity contribution in [1.82, 2.24) is 5.16 Å². The topological polar surface area (TPSA) is 98.5 Å². The molecular formula is C18H24N2O5. The van der Waals surface area contributed by atoms with Crippen LogP contribution in [0.15, 0.2) is 10.6 Å². The molecule has 2 fully saturated rings. The van der Waals surface area contributed by atoms with Gasteiger partial charge < -0.3 is 14.6 Å². The monoisotopic (exact) mass is 348 g/mol. The Labute approximate surface area is 146 Å². The first-order valence-corrected chi connectivity index (χ1v) is 8.94. The van der Waals surface area contributed by atoms with Crippen molar-refractivity contribution >= 4 is 23.5 Å². The van der Waals surface area contributed by atoms with E-state index in [1.54, 1.807) is 13.0 Å². The lowest BCUT2D eigenvalue weighted by Gasteiger charge is -2.52. The number of Topliss-reactive ketones (excluding diaryl/α,β-unsaturated/α-hetero) is 1. The van der Waals surface area contributed by atoms with E-state index in [1.807, 2.05) is 6.92 Å². The molecule has 3 rings (SSSR count). The molecule has 0 aliphatic heterocycles. The molecule has 0 radical (unpaired) electrons. The number of nitrogens with zero attached hydrogens (tertiary/aromatic N) is 1. The summed E-state index contributed by atoms with van der Waals surface area (Å²) in [5.41, 5.74) is -0.494. The summed E-state index contributed by atoms with van der Waals surface area (Å²) in [6.07, 6.45) is 3.94. The number of aromatic nitrogens is 1. The number of ether oxygens (including phenoxy) is 1. The van der Waals surface area contributed by atoms with Crippen LogP contribution >= 0.6 is 0 Å². The number of esters is 1. The third-order valence-electron chi connectivity index (χ3n) is 5.39. The van der Waals surface area contributed by atoms with Crippen molar-refractivity contribution in [2.24, 2.45) is 11.3 Å². The van der Waals surface area contributed by atoms with E-state index in [1.165, 1.54) is 0 Å². The zero-order valence-corrected chi connectivity index (χ0v) is 14.7. The maximum absolute atomic E-state index is 12.5. The number of carbonyl (C=O) groups is 3. The molecule has 1 spiro atoms. The van der Waals surface area contributed by atoms with E-state index >= 15 is 0 Å². The Hall–Kier alpha value is -2.18. The van der Waals surface area contributed by atoms with Crippen LogP contribution in [-0.2, 0) is 19.1 Å². The lowest BCUT2D eigenvalue weighted by Crippen LogP contribution is -2.58. The molecule has 1 aromatic heterocycles. The third kappa shape index (κ3) is 3.32. The second-order valence-electron chi connectivity index (χ2n) is 7.07. The van der Waals surface area contributed by atoms with Gasteiger partial charge in [-0.1, -0.05) is 24.9 Å². The fourth-order valence-corrected chi connectivity index (χ4v) is 3.63. The summed E-state index contributed by atoms with van der Waals surface area (Å²) in [5, 5.41) is 6.34. The number of unbranched alkanes of at least 4 members (excludes halogenated alkanes) is 1. The minimum Gasteiger partial charge on any atom is -0.452 e. The van der Waals surface area contributed by atoms with Crippen molar-refractivity contribution in [1.29, 1.82) is 0 Å². The van der Waals surface area contributed by atoms with E-state index in [2.05, 4.69) is 10.5 Å². The van der Waals surface area contributed by atoms with E-state index in [4.69, 9.17) is 9.26 Å². The quantitative estimate of drug-likeness (QED) is 0.761. The van der Waals surface area contributed by atoms with E-state index in [0.29, 0.717) is 18.0 Å². The Morgan fingerprint density at radius 3 is 2.76 bits per heavy atom. The van der Waals surface area contributed by atoms with Gasteiger partial charge in [0.1, 0.15) is 11.5 Å². The summed E-state index contributed by atoms with van der Waals surface area (Å²) < 4.78 is 10.4. The number of nitrogens with one attached hydrogen (secondary N) is 1. The summed E-state index contributed by atoms with van der Waals surface area (Å²) in [4.78, 5) is 36.9. The smallest absolute Gasteiger partial charge is 0.311 e. The van der Waals surface area contributed by atoms with Gasteiger partial charge in [-0.15, -0.1) is 0 Å². The summed E-state index contributed by atoms with van der Waals surface area (Å²) in [6, 6.07) is 1.60. The van der Waals surface area contributed by atoms with Crippen LogP contribution in [0.1, 0.15) is 57.6 Å². The predicted molar refractivity (Wildman–Crippen MR) is 88.7 cm³/mol. The number of amides is 1. The molecule has 0 saturated heterocycles. The molecule has 2 saturated carbocycles. The van der Waals surface area contributed by atoms with Gasteiger partial charge in [-0.3, -0.25) is 14.4 Å². The largest absolute Gasteiger partial charge is 0.452 e. The molecule has 2 unspecified atom stereocenters. The number of hydrogen-bond acceptors (Lipinski definition) is 6. The van der Waals surface area contributed by atoms with Crippen LogP contribution in [0.3, 0.4) is 0 Å². The van der Waals surface area contributed by atoms with Crippen molar-refractivity contribution in [2.75, 3.05) is 5.32 Å². The molecule has 1 amide bonds. The van der Waals surface area contributed by atoms with E-state index in [9.17, 15) is 14.4 Å². The number of anilines is 1. The zero-order chi connectivity index (χ0) is 18.0. The average molecular weight is 348 g/mol. The minimum atomic E-state index is -0.878. The van der Waals surface area contributed by atoms with E-state index in [0.717, 1.165) is 32.1 Å². The van der Waals surface area contributed by atoms with Gasteiger partial charge in [0, 0.05) is 17.9 Å². The number of aryl methyl sites for hydroxylation is 1. The van der Waals surface area contributed by atoms with Crippen LogP contribution in [-0.4, -0.2) is 28.9 Å². The molecule has 2 atom stereocenters. The van der Waals surface area contributed by atoms with Crippen molar-refractivity contribution in [3.05, 3.63) is 11.8 Å². The van der Waals surface area contributed by atoms with Crippen molar-refractivity contribution in [3.8, 4) is 0 Å². The molecule has 1 aromatic rings. The van der Waals surface area contributed by atoms with Crippen LogP contribution in [0, 0.1) is 18.3 Å². The summed E-state index contributed by atoms with van der Waals surface area (Å²) in [5.74, 6) is -0.185.